The summed E-state index contributed by atoms with van der Waals surface area (Å²) in [6.07, 6.45) is 0.520. The summed E-state index contributed by atoms with van der Waals surface area (Å²) in [4.78, 5) is 43.6. The van der Waals surface area contributed by atoms with Crippen LogP contribution in [-0.2, 0) is 23.9 Å². The second-order valence-electron chi connectivity index (χ2n) is 3.69. The van der Waals surface area contributed by atoms with Crippen molar-refractivity contribution in [3.63, 3.8) is 0 Å². The number of carbonyl (C=O) groups excluding carboxylic acids is 4. The van der Waals surface area contributed by atoms with E-state index in [1.807, 2.05) is 0 Å². The van der Waals surface area contributed by atoms with Crippen molar-refractivity contribution in [2.24, 2.45) is 11.5 Å². The molecule has 0 rings (SSSR count). The fourth-order valence-corrected chi connectivity index (χ4v) is 1.63. The molecule has 0 aromatic rings. The maximum absolute atomic E-state index is 11.3. The summed E-state index contributed by atoms with van der Waals surface area (Å²) in [5.41, 5.74) is 9.97. The standard InChI is InChI=1S/C11H18N2O5S/c12-6-11(17)19-7-8(14)2-1-5-18-10(16)4-3-9(13)15/h1-7,12H2,(H2,13,15). The summed E-state index contributed by atoms with van der Waals surface area (Å²) in [6.45, 7) is 0.0221. The lowest BCUT2D eigenvalue weighted by Gasteiger charge is -2.03. The zero-order chi connectivity index (χ0) is 14.7. The molecule has 7 nitrogen and oxygen atoms in total. The van der Waals surface area contributed by atoms with Crippen molar-refractivity contribution in [2.75, 3.05) is 18.9 Å². The van der Waals surface area contributed by atoms with Crippen LogP contribution in [0.1, 0.15) is 25.7 Å². The van der Waals surface area contributed by atoms with Crippen LogP contribution in [0.4, 0.5) is 0 Å². The zero-order valence-electron chi connectivity index (χ0n) is 10.6. The van der Waals surface area contributed by atoms with Crippen molar-refractivity contribution < 1.29 is 23.9 Å². The number of primary amides is 1. The third-order valence-electron chi connectivity index (χ3n) is 2.00. The SMILES string of the molecule is NCC(=O)SCC(=O)CCCOC(=O)CCC(N)=O. The van der Waals surface area contributed by atoms with Crippen molar-refractivity contribution in [1.29, 1.82) is 0 Å². The predicted molar refractivity (Wildman–Crippen MR) is 70.1 cm³/mol. The number of ether oxygens (including phenoxy) is 1. The summed E-state index contributed by atoms with van der Waals surface area (Å²) in [5.74, 6) is -1.08. The zero-order valence-corrected chi connectivity index (χ0v) is 11.4. The molecule has 0 saturated heterocycles. The van der Waals surface area contributed by atoms with Gasteiger partial charge in [-0.3, -0.25) is 19.2 Å². The first-order valence-corrected chi connectivity index (χ1v) is 6.75. The predicted octanol–water partition coefficient (Wildman–Crippen LogP) is -0.637. The first-order chi connectivity index (χ1) is 8.95. The van der Waals surface area contributed by atoms with Crippen molar-refractivity contribution in [3.8, 4) is 0 Å². The van der Waals surface area contributed by atoms with Crippen LogP contribution >= 0.6 is 11.8 Å². The second kappa shape index (κ2) is 10.5. The lowest BCUT2D eigenvalue weighted by atomic mass is 10.2. The van der Waals surface area contributed by atoms with Gasteiger partial charge in [0, 0.05) is 12.8 Å². The Hall–Kier alpha value is -1.41. The van der Waals surface area contributed by atoms with E-state index >= 15 is 0 Å². The molecule has 0 aliphatic carbocycles. The molecule has 0 radical (unpaired) electrons. The van der Waals surface area contributed by atoms with Gasteiger partial charge in [-0.05, 0) is 6.42 Å². The van der Waals surface area contributed by atoms with E-state index in [-0.39, 0.29) is 49.1 Å². The van der Waals surface area contributed by atoms with Gasteiger partial charge in [-0.15, -0.1) is 0 Å². The smallest absolute Gasteiger partial charge is 0.306 e. The molecule has 0 unspecified atom stereocenters. The van der Waals surface area contributed by atoms with E-state index in [0.29, 0.717) is 6.42 Å². The third kappa shape index (κ3) is 11.4. The molecule has 0 bridgehead atoms. The summed E-state index contributed by atoms with van der Waals surface area (Å²) in [7, 11) is 0. The number of carbonyl (C=O) groups is 4. The molecule has 0 fully saturated rings. The molecule has 0 atom stereocenters. The van der Waals surface area contributed by atoms with Gasteiger partial charge in [0.1, 0.15) is 5.78 Å². The van der Waals surface area contributed by atoms with Gasteiger partial charge in [-0.25, -0.2) is 0 Å². The Morgan fingerprint density at radius 1 is 1.05 bits per heavy atom. The van der Waals surface area contributed by atoms with Crippen LogP contribution in [0.3, 0.4) is 0 Å². The molecule has 0 saturated carbocycles. The second-order valence-corrected chi connectivity index (χ2v) is 4.73. The number of hydrogen-bond acceptors (Lipinski definition) is 7. The van der Waals surface area contributed by atoms with Gasteiger partial charge in [0.2, 0.25) is 11.0 Å². The Bertz CT molecular complexity index is 346. The van der Waals surface area contributed by atoms with Gasteiger partial charge in [-0.2, -0.15) is 0 Å². The van der Waals surface area contributed by atoms with E-state index in [1.54, 1.807) is 0 Å². The normalized spacial score (nSPS) is 9.95. The maximum Gasteiger partial charge on any atom is 0.306 e. The van der Waals surface area contributed by atoms with E-state index in [4.69, 9.17) is 16.2 Å². The summed E-state index contributed by atoms with van der Waals surface area (Å²) >= 11 is 0.888. The summed E-state index contributed by atoms with van der Waals surface area (Å²) in [6, 6.07) is 0. The van der Waals surface area contributed by atoms with Crippen molar-refractivity contribution in [2.45, 2.75) is 25.7 Å². The highest BCUT2D eigenvalue weighted by Gasteiger charge is 2.08. The first kappa shape index (κ1) is 17.6. The quantitative estimate of drug-likeness (QED) is 0.404. The van der Waals surface area contributed by atoms with E-state index in [0.717, 1.165) is 11.8 Å². The van der Waals surface area contributed by atoms with Gasteiger partial charge < -0.3 is 16.2 Å². The van der Waals surface area contributed by atoms with Gasteiger partial charge in [0.25, 0.3) is 0 Å². The molecular formula is C11H18N2O5S. The van der Waals surface area contributed by atoms with Crippen LogP contribution in [0, 0.1) is 0 Å². The molecule has 1 amide bonds. The fourth-order valence-electron chi connectivity index (χ4n) is 1.04. The van der Waals surface area contributed by atoms with E-state index < -0.39 is 11.9 Å². The number of nitrogens with two attached hydrogens (primary N) is 2. The maximum atomic E-state index is 11.3. The number of esters is 1. The van der Waals surface area contributed by atoms with Crippen LogP contribution in [0.15, 0.2) is 0 Å². The Labute approximate surface area is 115 Å². The molecule has 0 aliphatic rings. The Morgan fingerprint density at radius 3 is 2.32 bits per heavy atom. The molecule has 8 heteroatoms. The highest BCUT2D eigenvalue weighted by molar-refractivity contribution is 8.14. The molecule has 0 spiro atoms. The molecule has 0 aromatic carbocycles. The number of rotatable bonds is 10. The van der Waals surface area contributed by atoms with Gasteiger partial charge in [0.05, 0.1) is 25.3 Å². The third-order valence-corrected chi connectivity index (χ3v) is 2.95. The van der Waals surface area contributed by atoms with Crippen LogP contribution in [-0.4, -0.2) is 41.7 Å². The van der Waals surface area contributed by atoms with Crippen LogP contribution in [0.5, 0.6) is 0 Å². The number of Topliss-reactive ketones (excluding diaryl/α,β-unsaturated/α-hetero) is 1. The minimum absolute atomic E-state index is 0.0460. The van der Waals surface area contributed by atoms with Gasteiger partial charge in [0.15, 0.2) is 0 Å². The molecule has 0 aliphatic heterocycles. The van der Waals surface area contributed by atoms with Crippen LogP contribution in [0.2, 0.25) is 0 Å². The minimum Gasteiger partial charge on any atom is -0.466 e. The van der Waals surface area contributed by atoms with Crippen molar-refractivity contribution >= 4 is 34.5 Å². The summed E-state index contributed by atoms with van der Waals surface area (Å²) in [5, 5.41) is -0.230. The minimum atomic E-state index is -0.561. The highest BCUT2D eigenvalue weighted by atomic mass is 32.2. The van der Waals surface area contributed by atoms with E-state index in [1.165, 1.54) is 0 Å². The van der Waals surface area contributed by atoms with E-state index in [9.17, 15) is 19.2 Å². The number of ketones is 1. The monoisotopic (exact) mass is 290 g/mol. The molecule has 19 heavy (non-hydrogen) atoms. The molecule has 0 heterocycles. The lowest BCUT2D eigenvalue weighted by molar-refractivity contribution is -0.145. The Morgan fingerprint density at radius 2 is 1.74 bits per heavy atom. The lowest BCUT2D eigenvalue weighted by Crippen LogP contribution is -2.15. The average molecular weight is 290 g/mol. The summed E-state index contributed by atoms with van der Waals surface area (Å²) < 4.78 is 4.80. The number of amides is 1. The highest BCUT2D eigenvalue weighted by Crippen LogP contribution is 2.04. The van der Waals surface area contributed by atoms with Crippen LogP contribution < -0.4 is 11.5 Å². The molecule has 0 aromatic heterocycles. The number of thioether (sulfide) groups is 1. The van der Waals surface area contributed by atoms with Gasteiger partial charge >= 0.3 is 5.97 Å². The fraction of sp³-hybridized carbons (Fsp3) is 0.636. The first-order valence-electron chi connectivity index (χ1n) is 5.77. The largest absolute Gasteiger partial charge is 0.466 e. The number of hydrogen-bond donors (Lipinski definition) is 2. The van der Waals surface area contributed by atoms with Gasteiger partial charge in [-0.1, -0.05) is 11.8 Å². The van der Waals surface area contributed by atoms with Crippen molar-refractivity contribution in [3.05, 3.63) is 0 Å². The van der Waals surface area contributed by atoms with Crippen LogP contribution in [0.25, 0.3) is 0 Å². The Balaban J connectivity index is 3.52. The average Bonchev–Trinajstić information content (AvgIpc) is 2.38. The van der Waals surface area contributed by atoms with E-state index in [2.05, 4.69) is 0 Å². The molecule has 108 valence electrons. The van der Waals surface area contributed by atoms with Crippen molar-refractivity contribution in [1.82, 2.24) is 0 Å². The molecular weight excluding hydrogens is 272 g/mol. The molecule has 4 N–H and O–H groups in total. The topological polar surface area (TPSA) is 130 Å². The Kier molecular flexibility index (Phi) is 9.73.